The third-order valence-corrected chi connectivity index (χ3v) is 3.48. The molecule has 2 aromatic carbocycles. The molecule has 114 valence electrons. The highest BCUT2D eigenvalue weighted by Gasteiger charge is 2.30. The molecule has 1 heterocycles. The van der Waals surface area contributed by atoms with Crippen LogP contribution in [0.4, 0.5) is 13.2 Å². The van der Waals surface area contributed by atoms with Crippen molar-refractivity contribution in [2.45, 2.75) is 19.7 Å². The molecule has 0 amide bonds. The minimum absolute atomic E-state index is 0.190. The largest absolute Gasteiger partial charge is 0.487 e. The molecule has 0 bridgehead atoms. The summed E-state index contributed by atoms with van der Waals surface area (Å²) in [4.78, 5) is 3.23. The number of para-hydroxylation sites is 1. The molecule has 0 aliphatic carbocycles. The van der Waals surface area contributed by atoms with Crippen LogP contribution >= 0.6 is 0 Å². The highest BCUT2D eigenvalue weighted by atomic mass is 19.4. The number of aromatic amines is 1. The summed E-state index contributed by atoms with van der Waals surface area (Å²) in [6.07, 6.45) is -4.36. The number of fused-ring (bicyclic) bond motifs is 1. The van der Waals surface area contributed by atoms with E-state index in [1.807, 2.05) is 31.2 Å². The highest BCUT2D eigenvalue weighted by molar-refractivity contribution is 5.83. The van der Waals surface area contributed by atoms with E-state index in [4.69, 9.17) is 4.74 Å². The van der Waals surface area contributed by atoms with Crippen LogP contribution in [-0.2, 0) is 12.8 Å². The predicted molar refractivity (Wildman–Crippen MR) is 78.8 cm³/mol. The summed E-state index contributed by atoms with van der Waals surface area (Å²) < 4.78 is 43.4. The number of aromatic nitrogens is 1. The molecule has 0 radical (unpaired) electrons. The molecule has 0 saturated carbocycles. The Balaban J connectivity index is 1.78. The lowest BCUT2D eigenvalue weighted by Gasteiger charge is -2.09. The summed E-state index contributed by atoms with van der Waals surface area (Å²) >= 11 is 0. The van der Waals surface area contributed by atoms with Gasteiger partial charge in [0.2, 0.25) is 0 Å². The van der Waals surface area contributed by atoms with Crippen molar-refractivity contribution in [2.24, 2.45) is 0 Å². The molecule has 22 heavy (non-hydrogen) atoms. The van der Waals surface area contributed by atoms with E-state index in [1.54, 1.807) is 0 Å². The fraction of sp³-hybridized carbons (Fsp3) is 0.176. The summed E-state index contributed by atoms with van der Waals surface area (Å²) in [5, 5.41) is 1.06. The second-order valence-electron chi connectivity index (χ2n) is 5.15. The van der Waals surface area contributed by atoms with E-state index in [1.165, 1.54) is 12.1 Å². The quantitative estimate of drug-likeness (QED) is 0.717. The van der Waals surface area contributed by atoms with Crippen molar-refractivity contribution in [1.29, 1.82) is 0 Å². The lowest BCUT2D eigenvalue weighted by atomic mass is 10.2. The normalized spacial score (nSPS) is 11.8. The van der Waals surface area contributed by atoms with Crippen LogP contribution in [0.25, 0.3) is 10.9 Å². The molecule has 1 N–H and O–H groups in total. The summed E-state index contributed by atoms with van der Waals surface area (Å²) in [7, 11) is 0. The first-order valence-electron chi connectivity index (χ1n) is 6.81. The minimum Gasteiger partial charge on any atom is -0.487 e. The molecule has 5 heteroatoms. The summed E-state index contributed by atoms with van der Waals surface area (Å²) in [5.74, 6) is 0.199. The van der Waals surface area contributed by atoms with Crippen molar-refractivity contribution >= 4 is 10.9 Å². The van der Waals surface area contributed by atoms with Gasteiger partial charge in [-0.05, 0) is 36.8 Å². The lowest BCUT2D eigenvalue weighted by Crippen LogP contribution is -2.05. The third kappa shape index (κ3) is 2.93. The number of ether oxygens (including phenoxy) is 1. The van der Waals surface area contributed by atoms with Gasteiger partial charge in [-0.25, -0.2) is 0 Å². The second-order valence-corrected chi connectivity index (χ2v) is 5.15. The van der Waals surface area contributed by atoms with E-state index in [9.17, 15) is 13.2 Å². The molecule has 0 aliphatic rings. The van der Waals surface area contributed by atoms with E-state index >= 15 is 0 Å². The first-order valence-corrected chi connectivity index (χ1v) is 6.81. The standard InChI is InChI=1S/C17H14F3NO/c1-11-4-2-5-12-8-14(21-16(11)12)10-22-15-7-3-6-13(9-15)17(18,19)20/h2-9,21H,10H2,1H3. The van der Waals surface area contributed by atoms with Gasteiger partial charge in [-0.1, -0.05) is 24.3 Å². The Labute approximate surface area is 125 Å². The van der Waals surface area contributed by atoms with Crippen LogP contribution in [0.2, 0.25) is 0 Å². The number of nitrogens with one attached hydrogen (secondary N) is 1. The van der Waals surface area contributed by atoms with Crippen LogP contribution in [-0.4, -0.2) is 4.98 Å². The molecule has 2 nitrogen and oxygen atoms in total. The molecular formula is C17H14F3NO. The van der Waals surface area contributed by atoms with Gasteiger partial charge in [0.15, 0.2) is 0 Å². The SMILES string of the molecule is Cc1cccc2cc(COc3cccc(C(F)(F)F)c3)[nH]c12. The molecule has 3 rings (SSSR count). The molecule has 3 aromatic rings. The smallest absolute Gasteiger partial charge is 0.416 e. The Morgan fingerprint density at radius 3 is 2.55 bits per heavy atom. The molecule has 0 saturated heterocycles. The second kappa shape index (κ2) is 5.40. The number of rotatable bonds is 3. The molecular weight excluding hydrogens is 291 g/mol. The number of halogens is 3. The number of aryl methyl sites for hydroxylation is 1. The van der Waals surface area contributed by atoms with E-state index < -0.39 is 11.7 Å². The van der Waals surface area contributed by atoms with Gasteiger partial charge in [-0.2, -0.15) is 13.2 Å². The van der Waals surface area contributed by atoms with Gasteiger partial charge in [0.25, 0.3) is 0 Å². The number of hydrogen-bond donors (Lipinski definition) is 1. The van der Waals surface area contributed by atoms with Gasteiger partial charge in [0, 0.05) is 10.9 Å². The summed E-state index contributed by atoms with van der Waals surface area (Å²) in [6, 6.07) is 12.8. The molecule has 0 unspecified atom stereocenters. The number of hydrogen-bond acceptors (Lipinski definition) is 1. The van der Waals surface area contributed by atoms with E-state index in [0.29, 0.717) is 0 Å². The Morgan fingerprint density at radius 2 is 1.82 bits per heavy atom. The first-order chi connectivity index (χ1) is 10.4. The van der Waals surface area contributed by atoms with Crippen molar-refractivity contribution in [3.05, 3.63) is 65.4 Å². The van der Waals surface area contributed by atoms with Gasteiger partial charge >= 0.3 is 6.18 Å². The Kier molecular flexibility index (Phi) is 3.56. The van der Waals surface area contributed by atoms with Gasteiger partial charge < -0.3 is 9.72 Å². The third-order valence-electron chi connectivity index (χ3n) is 3.48. The van der Waals surface area contributed by atoms with Gasteiger partial charge in [0.1, 0.15) is 12.4 Å². The average molecular weight is 305 g/mol. The van der Waals surface area contributed by atoms with Crippen molar-refractivity contribution < 1.29 is 17.9 Å². The zero-order chi connectivity index (χ0) is 15.7. The monoisotopic (exact) mass is 305 g/mol. The number of H-pyrrole nitrogens is 1. The maximum absolute atomic E-state index is 12.7. The van der Waals surface area contributed by atoms with Crippen molar-refractivity contribution in [2.75, 3.05) is 0 Å². The van der Waals surface area contributed by atoms with E-state index in [2.05, 4.69) is 4.98 Å². The number of benzene rings is 2. The molecule has 0 fully saturated rings. The Hall–Kier alpha value is -2.43. The van der Waals surface area contributed by atoms with Crippen molar-refractivity contribution in [3.8, 4) is 5.75 Å². The summed E-state index contributed by atoms with van der Waals surface area (Å²) in [5.41, 5.74) is 2.24. The van der Waals surface area contributed by atoms with Crippen LogP contribution in [0.5, 0.6) is 5.75 Å². The maximum atomic E-state index is 12.7. The summed E-state index contributed by atoms with van der Waals surface area (Å²) in [6.45, 7) is 2.19. The molecule has 0 aliphatic heterocycles. The molecule has 1 aromatic heterocycles. The lowest BCUT2D eigenvalue weighted by molar-refractivity contribution is -0.137. The number of alkyl halides is 3. The predicted octanol–water partition coefficient (Wildman–Crippen LogP) is 5.07. The van der Waals surface area contributed by atoms with Crippen molar-refractivity contribution in [3.63, 3.8) is 0 Å². The van der Waals surface area contributed by atoms with Crippen molar-refractivity contribution in [1.82, 2.24) is 4.98 Å². The van der Waals surface area contributed by atoms with Crippen LogP contribution < -0.4 is 4.74 Å². The molecule has 0 spiro atoms. The fourth-order valence-corrected chi connectivity index (χ4v) is 2.37. The minimum atomic E-state index is -4.36. The van der Waals surface area contributed by atoms with Crippen LogP contribution in [0.1, 0.15) is 16.8 Å². The van der Waals surface area contributed by atoms with E-state index in [0.717, 1.165) is 34.3 Å². The van der Waals surface area contributed by atoms with E-state index in [-0.39, 0.29) is 12.4 Å². The van der Waals surface area contributed by atoms with Crippen LogP contribution in [0.15, 0.2) is 48.5 Å². The highest BCUT2D eigenvalue weighted by Crippen LogP contribution is 2.31. The van der Waals surface area contributed by atoms with Gasteiger partial charge in [-0.3, -0.25) is 0 Å². The van der Waals surface area contributed by atoms with Gasteiger partial charge in [-0.15, -0.1) is 0 Å². The Bertz CT molecular complexity index is 805. The van der Waals surface area contributed by atoms with Gasteiger partial charge in [0.05, 0.1) is 11.3 Å². The first kappa shape index (κ1) is 14.5. The zero-order valence-corrected chi connectivity index (χ0v) is 11.9. The Morgan fingerprint density at radius 1 is 1.05 bits per heavy atom. The molecule has 0 atom stereocenters. The van der Waals surface area contributed by atoms with Crippen LogP contribution in [0, 0.1) is 6.92 Å². The topological polar surface area (TPSA) is 25.0 Å². The zero-order valence-electron chi connectivity index (χ0n) is 11.9. The van der Waals surface area contributed by atoms with Crippen LogP contribution in [0.3, 0.4) is 0 Å². The average Bonchev–Trinajstić information content (AvgIpc) is 2.89. The fourth-order valence-electron chi connectivity index (χ4n) is 2.37. The maximum Gasteiger partial charge on any atom is 0.416 e.